The number of piperazine rings is 1. The summed E-state index contributed by atoms with van der Waals surface area (Å²) >= 11 is 0. The van der Waals surface area contributed by atoms with E-state index in [1.807, 2.05) is 0 Å². The Balaban J connectivity index is 1.78. The minimum Gasteiger partial charge on any atom is -0.311 e. The van der Waals surface area contributed by atoms with Crippen molar-refractivity contribution in [2.24, 2.45) is 5.92 Å². The Bertz CT molecular complexity index is 250. The summed E-state index contributed by atoms with van der Waals surface area (Å²) in [4.78, 5) is 2.82. The zero-order valence-corrected chi connectivity index (χ0v) is 13.3. The lowest BCUT2D eigenvalue weighted by Crippen LogP contribution is -2.59. The maximum absolute atomic E-state index is 3.80. The molecule has 1 N–H and O–H groups in total. The Morgan fingerprint density at radius 3 is 2.58 bits per heavy atom. The van der Waals surface area contributed by atoms with Gasteiger partial charge in [0.05, 0.1) is 0 Å². The number of nitrogens with one attached hydrogen (secondary N) is 1. The van der Waals surface area contributed by atoms with Crippen LogP contribution in [0, 0.1) is 5.92 Å². The molecule has 0 radical (unpaired) electrons. The lowest BCUT2D eigenvalue weighted by atomic mass is 9.99. The van der Waals surface area contributed by atoms with Gasteiger partial charge < -0.3 is 5.32 Å². The minimum atomic E-state index is 0.774. The molecule has 0 bridgehead atoms. The zero-order chi connectivity index (χ0) is 13.7. The highest BCUT2D eigenvalue weighted by Crippen LogP contribution is 2.35. The molecule has 0 spiro atoms. The second-order valence-corrected chi connectivity index (χ2v) is 6.81. The fraction of sp³-hybridized carbons (Fsp3) is 1.00. The summed E-state index contributed by atoms with van der Waals surface area (Å²) in [5, 5.41) is 3.80. The highest BCUT2D eigenvalue weighted by atomic mass is 15.3. The Hall–Kier alpha value is -0.0800. The zero-order valence-electron chi connectivity index (χ0n) is 13.3. The van der Waals surface area contributed by atoms with Crippen LogP contribution in [0.5, 0.6) is 0 Å². The molecule has 3 unspecified atom stereocenters. The monoisotopic (exact) mass is 266 g/mol. The Labute approximate surface area is 120 Å². The van der Waals surface area contributed by atoms with Crippen molar-refractivity contribution >= 4 is 0 Å². The van der Waals surface area contributed by atoms with E-state index < -0.39 is 0 Å². The number of hydrogen-bond donors (Lipinski definition) is 1. The number of unbranched alkanes of at least 4 members (excludes halogenated alkanes) is 3. The molecule has 2 fully saturated rings. The molecule has 112 valence electrons. The summed E-state index contributed by atoms with van der Waals surface area (Å²) in [6.45, 7) is 9.63. The maximum atomic E-state index is 3.80. The Kier molecular flexibility index (Phi) is 6.15. The number of hydrogen-bond acceptors (Lipinski definition) is 2. The van der Waals surface area contributed by atoms with Crippen molar-refractivity contribution in [1.29, 1.82) is 0 Å². The molecule has 0 aromatic rings. The van der Waals surface area contributed by atoms with Gasteiger partial charge in [-0.1, -0.05) is 39.5 Å². The smallest absolute Gasteiger partial charge is 0.0224 e. The number of nitrogens with zero attached hydrogens (tertiary/aromatic N) is 1. The molecule has 3 atom stereocenters. The van der Waals surface area contributed by atoms with Crippen molar-refractivity contribution in [3.05, 3.63) is 0 Å². The van der Waals surface area contributed by atoms with Gasteiger partial charge >= 0.3 is 0 Å². The Morgan fingerprint density at radius 1 is 1.16 bits per heavy atom. The SMILES string of the molecule is CCCCCCC(C)N1CC(C2CC2)NCC1CC. The van der Waals surface area contributed by atoms with E-state index in [9.17, 15) is 0 Å². The molecule has 2 heteroatoms. The van der Waals surface area contributed by atoms with Crippen LogP contribution in [0.2, 0.25) is 0 Å². The molecule has 2 aliphatic rings. The van der Waals surface area contributed by atoms with Crippen molar-refractivity contribution in [3.8, 4) is 0 Å². The maximum Gasteiger partial charge on any atom is 0.0224 e. The summed E-state index contributed by atoms with van der Waals surface area (Å²) < 4.78 is 0. The van der Waals surface area contributed by atoms with E-state index in [2.05, 4.69) is 31.0 Å². The van der Waals surface area contributed by atoms with Crippen molar-refractivity contribution in [1.82, 2.24) is 10.2 Å². The highest BCUT2D eigenvalue weighted by Gasteiger charge is 2.37. The second kappa shape index (κ2) is 7.64. The van der Waals surface area contributed by atoms with Crippen LogP contribution in [0.15, 0.2) is 0 Å². The summed E-state index contributed by atoms with van der Waals surface area (Å²) in [6, 6.07) is 2.35. The lowest BCUT2D eigenvalue weighted by Gasteiger charge is -2.44. The molecule has 0 aromatic heterocycles. The van der Waals surface area contributed by atoms with E-state index in [0.717, 1.165) is 24.0 Å². The van der Waals surface area contributed by atoms with Gasteiger partial charge in [-0.2, -0.15) is 0 Å². The van der Waals surface area contributed by atoms with Crippen molar-refractivity contribution in [2.45, 2.75) is 90.3 Å². The lowest BCUT2D eigenvalue weighted by molar-refractivity contribution is 0.0754. The van der Waals surface area contributed by atoms with Crippen molar-refractivity contribution in [2.75, 3.05) is 13.1 Å². The van der Waals surface area contributed by atoms with Gasteiger partial charge in [0.1, 0.15) is 0 Å². The van der Waals surface area contributed by atoms with Gasteiger partial charge in [-0.3, -0.25) is 4.90 Å². The average molecular weight is 266 g/mol. The summed E-state index contributed by atoms with van der Waals surface area (Å²) in [7, 11) is 0. The third-order valence-corrected chi connectivity index (χ3v) is 5.20. The highest BCUT2D eigenvalue weighted by molar-refractivity contribution is 4.95. The number of rotatable bonds is 8. The molecular formula is C17H34N2. The molecule has 2 nitrogen and oxygen atoms in total. The van der Waals surface area contributed by atoms with E-state index in [1.54, 1.807) is 0 Å². The van der Waals surface area contributed by atoms with Crippen molar-refractivity contribution in [3.63, 3.8) is 0 Å². The fourth-order valence-corrected chi connectivity index (χ4v) is 3.61. The fourth-order valence-electron chi connectivity index (χ4n) is 3.61. The van der Waals surface area contributed by atoms with Crippen LogP contribution < -0.4 is 5.32 Å². The van der Waals surface area contributed by atoms with Crippen LogP contribution >= 0.6 is 0 Å². The molecule has 1 saturated heterocycles. The normalized spacial score (nSPS) is 30.5. The minimum absolute atomic E-state index is 0.774. The first-order chi connectivity index (χ1) is 9.26. The van der Waals surface area contributed by atoms with E-state index in [-0.39, 0.29) is 0 Å². The van der Waals surface area contributed by atoms with E-state index in [1.165, 1.54) is 64.5 Å². The second-order valence-electron chi connectivity index (χ2n) is 6.81. The quantitative estimate of drug-likeness (QED) is 0.672. The van der Waals surface area contributed by atoms with E-state index in [0.29, 0.717) is 0 Å². The molecule has 1 aliphatic heterocycles. The third kappa shape index (κ3) is 4.46. The van der Waals surface area contributed by atoms with Gasteiger partial charge in [0.15, 0.2) is 0 Å². The average Bonchev–Trinajstić information content (AvgIpc) is 3.27. The molecular weight excluding hydrogens is 232 g/mol. The summed E-state index contributed by atoms with van der Waals surface area (Å²) in [5.41, 5.74) is 0. The van der Waals surface area contributed by atoms with E-state index in [4.69, 9.17) is 0 Å². The molecule has 1 saturated carbocycles. The van der Waals surface area contributed by atoms with E-state index >= 15 is 0 Å². The summed E-state index contributed by atoms with van der Waals surface area (Å²) in [5.74, 6) is 0.993. The van der Waals surface area contributed by atoms with Crippen LogP contribution in [0.25, 0.3) is 0 Å². The van der Waals surface area contributed by atoms with Crippen LogP contribution in [-0.4, -0.2) is 36.1 Å². The van der Waals surface area contributed by atoms with Gasteiger partial charge in [0.2, 0.25) is 0 Å². The molecule has 1 heterocycles. The molecule has 0 amide bonds. The van der Waals surface area contributed by atoms with Gasteiger partial charge in [-0.15, -0.1) is 0 Å². The van der Waals surface area contributed by atoms with Gasteiger partial charge in [0.25, 0.3) is 0 Å². The predicted molar refractivity (Wildman–Crippen MR) is 83.5 cm³/mol. The first-order valence-electron chi connectivity index (χ1n) is 8.75. The van der Waals surface area contributed by atoms with Gasteiger partial charge in [0, 0.05) is 31.2 Å². The third-order valence-electron chi connectivity index (χ3n) is 5.20. The molecule has 2 rings (SSSR count). The van der Waals surface area contributed by atoms with Crippen LogP contribution in [0.4, 0.5) is 0 Å². The van der Waals surface area contributed by atoms with Gasteiger partial charge in [-0.05, 0) is 38.5 Å². The van der Waals surface area contributed by atoms with Crippen LogP contribution in [0.1, 0.15) is 72.1 Å². The van der Waals surface area contributed by atoms with Crippen molar-refractivity contribution < 1.29 is 0 Å². The first kappa shape index (κ1) is 15.3. The standard InChI is InChI=1S/C17H34N2/c1-4-6-7-8-9-14(3)19-13-17(15-10-11-15)18-12-16(19)5-2/h14-18H,4-13H2,1-3H3. The first-order valence-corrected chi connectivity index (χ1v) is 8.75. The summed E-state index contributed by atoms with van der Waals surface area (Å²) in [6.07, 6.45) is 11.2. The largest absolute Gasteiger partial charge is 0.311 e. The van der Waals surface area contributed by atoms with Crippen LogP contribution in [-0.2, 0) is 0 Å². The topological polar surface area (TPSA) is 15.3 Å². The molecule has 19 heavy (non-hydrogen) atoms. The molecule has 0 aromatic carbocycles. The predicted octanol–water partition coefficient (Wildman–Crippen LogP) is 3.81. The van der Waals surface area contributed by atoms with Crippen LogP contribution in [0.3, 0.4) is 0 Å². The molecule has 1 aliphatic carbocycles. The Morgan fingerprint density at radius 2 is 1.95 bits per heavy atom. The van der Waals surface area contributed by atoms with Gasteiger partial charge in [-0.25, -0.2) is 0 Å².